The molecule has 6 heteroatoms. The van der Waals surface area contributed by atoms with Crippen LogP contribution in [-0.4, -0.2) is 41.3 Å². The van der Waals surface area contributed by atoms with Crippen LogP contribution >= 0.6 is 0 Å². The van der Waals surface area contributed by atoms with Crippen molar-refractivity contribution in [2.45, 2.75) is 13.0 Å². The molecule has 0 aliphatic carbocycles. The standard InChI is InChI=1S/C13H16N2O4/c1-3-19-11-6-4-5-9(13(11)18)10(7-14)15(2)8-12(16)17/h4-6,10,18H,3,8H2,1-2H3,(H,16,17). The Balaban J connectivity index is 3.09. The summed E-state index contributed by atoms with van der Waals surface area (Å²) in [5.74, 6) is -0.889. The quantitative estimate of drug-likeness (QED) is 0.806. The van der Waals surface area contributed by atoms with Gasteiger partial charge in [0.25, 0.3) is 0 Å². The molecule has 0 fully saturated rings. The van der Waals surface area contributed by atoms with E-state index >= 15 is 0 Å². The number of nitrogens with zero attached hydrogens (tertiary/aromatic N) is 2. The van der Waals surface area contributed by atoms with E-state index in [9.17, 15) is 15.2 Å². The van der Waals surface area contributed by atoms with Crippen LogP contribution in [0.1, 0.15) is 18.5 Å². The first-order valence-electron chi connectivity index (χ1n) is 5.77. The molecular weight excluding hydrogens is 248 g/mol. The number of aliphatic carboxylic acids is 1. The van der Waals surface area contributed by atoms with Gasteiger partial charge in [-0.25, -0.2) is 0 Å². The Morgan fingerprint density at radius 2 is 2.26 bits per heavy atom. The van der Waals surface area contributed by atoms with Crippen molar-refractivity contribution in [3.63, 3.8) is 0 Å². The van der Waals surface area contributed by atoms with Gasteiger partial charge in [-0.15, -0.1) is 0 Å². The molecular formula is C13H16N2O4. The van der Waals surface area contributed by atoms with E-state index in [1.807, 2.05) is 6.07 Å². The Morgan fingerprint density at radius 3 is 2.79 bits per heavy atom. The van der Waals surface area contributed by atoms with Gasteiger partial charge in [-0.2, -0.15) is 5.26 Å². The van der Waals surface area contributed by atoms with Crippen molar-refractivity contribution in [1.29, 1.82) is 5.26 Å². The van der Waals surface area contributed by atoms with Gasteiger partial charge < -0.3 is 14.9 Å². The molecule has 102 valence electrons. The summed E-state index contributed by atoms with van der Waals surface area (Å²) in [4.78, 5) is 12.0. The topological polar surface area (TPSA) is 93.8 Å². The van der Waals surface area contributed by atoms with E-state index in [0.717, 1.165) is 0 Å². The van der Waals surface area contributed by atoms with Crippen LogP contribution in [0.2, 0.25) is 0 Å². The lowest BCUT2D eigenvalue weighted by Gasteiger charge is -2.22. The zero-order chi connectivity index (χ0) is 14.4. The second kappa shape index (κ2) is 6.61. The molecule has 1 rings (SSSR count). The van der Waals surface area contributed by atoms with Gasteiger partial charge in [-0.1, -0.05) is 12.1 Å². The number of hydrogen-bond acceptors (Lipinski definition) is 5. The lowest BCUT2D eigenvalue weighted by molar-refractivity contribution is -0.138. The molecule has 0 amide bonds. The van der Waals surface area contributed by atoms with Crippen molar-refractivity contribution in [1.82, 2.24) is 4.90 Å². The largest absolute Gasteiger partial charge is 0.504 e. The maximum Gasteiger partial charge on any atom is 0.317 e. The minimum absolute atomic E-state index is 0.131. The van der Waals surface area contributed by atoms with Crippen LogP contribution in [0, 0.1) is 11.3 Å². The van der Waals surface area contributed by atoms with Crippen molar-refractivity contribution in [3.8, 4) is 17.6 Å². The molecule has 0 aromatic heterocycles. The summed E-state index contributed by atoms with van der Waals surface area (Å²) in [5.41, 5.74) is 0.331. The molecule has 6 nitrogen and oxygen atoms in total. The van der Waals surface area contributed by atoms with Gasteiger partial charge in [0, 0.05) is 5.56 Å². The minimum Gasteiger partial charge on any atom is -0.504 e. The highest BCUT2D eigenvalue weighted by molar-refractivity contribution is 5.69. The maximum absolute atomic E-state index is 10.7. The van der Waals surface area contributed by atoms with Crippen molar-refractivity contribution in [2.24, 2.45) is 0 Å². The molecule has 1 aromatic rings. The molecule has 0 radical (unpaired) electrons. The number of rotatable bonds is 6. The van der Waals surface area contributed by atoms with Crippen LogP contribution in [0.15, 0.2) is 18.2 Å². The Bertz CT molecular complexity index is 496. The number of nitriles is 1. The fourth-order valence-electron chi connectivity index (χ4n) is 1.74. The Hall–Kier alpha value is -2.26. The van der Waals surface area contributed by atoms with Gasteiger partial charge in [0.2, 0.25) is 0 Å². The number of aromatic hydroxyl groups is 1. The van der Waals surface area contributed by atoms with Crippen LogP contribution < -0.4 is 4.74 Å². The summed E-state index contributed by atoms with van der Waals surface area (Å²) in [5, 5.41) is 28.0. The van der Waals surface area contributed by atoms with E-state index in [4.69, 9.17) is 9.84 Å². The van der Waals surface area contributed by atoms with E-state index < -0.39 is 12.0 Å². The van der Waals surface area contributed by atoms with E-state index in [2.05, 4.69) is 0 Å². The highest BCUT2D eigenvalue weighted by Crippen LogP contribution is 2.35. The molecule has 0 saturated carbocycles. The monoisotopic (exact) mass is 264 g/mol. The van der Waals surface area contributed by atoms with Crippen LogP contribution in [-0.2, 0) is 4.79 Å². The first-order valence-corrected chi connectivity index (χ1v) is 5.77. The average molecular weight is 264 g/mol. The number of likely N-dealkylation sites (N-methyl/N-ethyl adjacent to an activating group) is 1. The second-order valence-corrected chi connectivity index (χ2v) is 3.97. The number of carboxylic acid groups (broad SMARTS) is 1. The Labute approximate surface area is 111 Å². The van der Waals surface area contributed by atoms with Gasteiger partial charge in [-0.05, 0) is 20.0 Å². The third-order valence-electron chi connectivity index (χ3n) is 2.57. The third-order valence-corrected chi connectivity index (χ3v) is 2.57. The number of carbonyl (C=O) groups is 1. The van der Waals surface area contributed by atoms with E-state index in [-0.39, 0.29) is 18.0 Å². The molecule has 0 aliphatic heterocycles. The van der Waals surface area contributed by atoms with Gasteiger partial charge in [-0.3, -0.25) is 9.69 Å². The molecule has 0 heterocycles. The number of phenolic OH excluding ortho intramolecular Hbond substituents is 1. The van der Waals surface area contributed by atoms with Crippen molar-refractivity contribution in [2.75, 3.05) is 20.2 Å². The summed E-state index contributed by atoms with van der Waals surface area (Å²) >= 11 is 0. The predicted molar refractivity (Wildman–Crippen MR) is 67.9 cm³/mol. The zero-order valence-electron chi connectivity index (χ0n) is 10.8. The molecule has 1 unspecified atom stereocenters. The molecule has 0 bridgehead atoms. The second-order valence-electron chi connectivity index (χ2n) is 3.97. The lowest BCUT2D eigenvalue weighted by Crippen LogP contribution is -2.29. The van der Waals surface area contributed by atoms with Gasteiger partial charge in [0.15, 0.2) is 11.5 Å². The van der Waals surface area contributed by atoms with E-state index in [1.165, 1.54) is 11.9 Å². The smallest absolute Gasteiger partial charge is 0.317 e. The molecule has 2 N–H and O–H groups in total. The van der Waals surface area contributed by atoms with Crippen LogP contribution in [0.25, 0.3) is 0 Å². The summed E-state index contributed by atoms with van der Waals surface area (Å²) in [6.07, 6.45) is 0. The molecule has 0 spiro atoms. The summed E-state index contributed by atoms with van der Waals surface area (Å²) in [7, 11) is 1.51. The molecule has 0 aliphatic rings. The number of carboxylic acids is 1. The number of benzene rings is 1. The Morgan fingerprint density at radius 1 is 1.58 bits per heavy atom. The predicted octanol–water partition coefficient (Wildman–Crippen LogP) is 1.37. The van der Waals surface area contributed by atoms with Crippen molar-refractivity contribution in [3.05, 3.63) is 23.8 Å². The SMILES string of the molecule is CCOc1cccc(C(C#N)N(C)CC(=O)O)c1O. The van der Waals surface area contributed by atoms with Crippen LogP contribution in [0.4, 0.5) is 0 Å². The van der Waals surface area contributed by atoms with Gasteiger partial charge in [0.05, 0.1) is 19.2 Å². The van der Waals surface area contributed by atoms with Gasteiger partial charge in [0.1, 0.15) is 6.04 Å². The number of ether oxygens (including phenoxy) is 1. The normalized spacial score (nSPS) is 11.9. The molecule has 19 heavy (non-hydrogen) atoms. The fraction of sp³-hybridized carbons (Fsp3) is 0.385. The van der Waals surface area contributed by atoms with Crippen molar-refractivity contribution >= 4 is 5.97 Å². The minimum atomic E-state index is -1.04. The fourth-order valence-corrected chi connectivity index (χ4v) is 1.74. The van der Waals surface area contributed by atoms with E-state index in [1.54, 1.807) is 25.1 Å². The first kappa shape index (κ1) is 14.8. The molecule has 0 saturated heterocycles. The summed E-state index contributed by atoms with van der Waals surface area (Å²) in [6.45, 7) is 1.88. The number of para-hydroxylation sites is 1. The number of hydrogen-bond donors (Lipinski definition) is 2. The molecule has 1 aromatic carbocycles. The Kier molecular flexibility index (Phi) is 5.15. The number of phenols is 1. The highest BCUT2D eigenvalue weighted by atomic mass is 16.5. The van der Waals surface area contributed by atoms with Crippen LogP contribution in [0.3, 0.4) is 0 Å². The highest BCUT2D eigenvalue weighted by Gasteiger charge is 2.23. The van der Waals surface area contributed by atoms with Crippen molar-refractivity contribution < 1.29 is 19.7 Å². The zero-order valence-corrected chi connectivity index (χ0v) is 10.8. The van der Waals surface area contributed by atoms with Gasteiger partial charge >= 0.3 is 5.97 Å². The first-order chi connectivity index (χ1) is 9.01. The lowest BCUT2D eigenvalue weighted by atomic mass is 10.1. The summed E-state index contributed by atoms with van der Waals surface area (Å²) in [6, 6.07) is 5.95. The van der Waals surface area contributed by atoms with Crippen LogP contribution in [0.5, 0.6) is 11.5 Å². The maximum atomic E-state index is 10.7. The average Bonchev–Trinajstić information content (AvgIpc) is 2.34. The van der Waals surface area contributed by atoms with E-state index in [0.29, 0.717) is 12.2 Å². The molecule has 1 atom stereocenters. The summed E-state index contributed by atoms with van der Waals surface area (Å²) < 4.78 is 5.24. The third kappa shape index (κ3) is 3.60.